The number of hydrogen-bond donors (Lipinski definition) is 2. The summed E-state index contributed by atoms with van der Waals surface area (Å²) >= 11 is 0. The van der Waals surface area contributed by atoms with Crippen LogP contribution in [0.4, 0.5) is 19.3 Å². The van der Waals surface area contributed by atoms with E-state index < -0.39 is 35.1 Å². The molecule has 0 aliphatic carbocycles. The fraction of sp³-hybridized carbons (Fsp3) is 0.417. The van der Waals surface area contributed by atoms with Crippen LogP contribution in [0.5, 0.6) is 0 Å². The number of carbonyl (C=O) groups is 2. The van der Waals surface area contributed by atoms with Crippen LogP contribution in [-0.2, 0) is 32.7 Å². The van der Waals surface area contributed by atoms with Crippen LogP contribution in [0.1, 0.15) is 42.1 Å². The Kier molecular flexibility index (Phi) is 7.34. The van der Waals surface area contributed by atoms with Crippen molar-refractivity contribution in [2.45, 2.75) is 38.3 Å². The number of methoxy groups -OCH3 is 2. The molecule has 7 nitrogen and oxygen atoms in total. The van der Waals surface area contributed by atoms with Gasteiger partial charge >= 0.3 is 6.09 Å². The Bertz CT molecular complexity index is 1030. The number of amides is 2. The highest BCUT2D eigenvalue weighted by Crippen LogP contribution is 2.34. The molecule has 0 bridgehead atoms. The molecule has 0 radical (unpaired) electrons. The SMILES string of the molecule is COCc1ccc2c(c1)CCN(C(=O)O)C2C(=O)Nc1cc(F)c(C(C)(C)COC)c(F)c1. The summed E-state index contributed by atoms with van der Waals surface area (Å²) in [7, 11) is 3.02. The lowest BCUT2D eigenvalue weighted by Crippen LogP contribution is -2.44. The Morgan fingerprint density at radius 2 is 1.82 bits per heavy atom. The van der Waals surface area contributed by atoms with E-state index in [1.807, 2.05) is 6.07 Å². The fourth-order valence-corrected chi connectivity index (χ4v) is 4.36. The van der Waals surface area contributed by atoms with Crippen molar-refractivity contribution in [3.8, 4) is 0 Å². The Hall–Kier alpha value is -3.04. The number of nitrogens with zero attached hydrogens (tertiary/aromatic N) is 1. The van der Waals surface area contributed by atoms with Gasteiger partial charge in [0.15, 0.2) is 0 Å². The van der Waals surface area contributed by atoms with Crippen LogP contribution in [0, 0.1) is 11.6 Å². The number of hydrogen-bond acceptors (Lipinski definition) is 4. The Morgan fingerprint density at radius 3 is 2.39 bits per heavy atom. The van der Waals surface area contributed by atoms with Gasteiger partial charge in [-0.2, -0.15) is 0 Å². The lowest BCUT2D eigenvalue weighted by Gasteiger charge is -2.34. The number of rotatable bonds is 7. The molecule has 3 rings (SSSR count). The van der Waals surface area contributed by atoms with Gasteiger partial charge in [-0.3, -0.25) is 9.69 Å². The first kappa shape index (κ1) is 24.6. The average Bonchev–Trinajstić information content (AvgIpc) is 2.72. The van der Waals surface area contributed by atoms with Gasteiger partial charge in [0.25, 0.3) is 5.91 Å². The molecular formula is C24H28F2N2O5. The molecule has 1 aliphatic heterocycles. The van der Waals surface area contributed by atoms with Gasteiger partial charge in [-0.15, -0.1) is 0 Å². The second-order valence-corrected chi connectivity index (χ2v) is 8.72. The van der Waals surface area contributed by atoms with Crippen LogP contribution in [-0.4, -0.2) is 49.4 Å². The van der Waals surface area contributed by atoms with Gasteiger partial charge in [-0.1, -0.05) is 32.0 Å². The zero-order valence-electron chi connectivity index (χ0n) is 19.1. The van der Waals surface area contributed by atoms with Crippen LogP contribution in [0.3, 0.4) is 0 Å². The summed E-state index contributed by atoms with van der Waals surface area (Å²) in [5, 5.41) is 12.1. The van der Waals surface area contributed by atoms with Crippen molar-refractivity contribution in [3.05, 3.63) is 64.2 Å². The molecule has 1 unspecified atom stereocenters. The molecule has 0 fully saturated rings. The van der Waals surface area contributed by atoms with E-state index in [9.17, 15) is 23.5 Å². The minimum Gasteiger partial charge on any atom is -0.465 e. The van der Waals surface area contributed by atoms with Crippen molar-refractivity contribution in [2.75, 3.05) is 32.7 Å². The maximum atomic E-state index is 14.8. The van der Waals surface area contributed by atoms with Crippen molar-refractivity contribution in [2.24, 2.45) is 0 Å². The third kappa shape index (κ3) is 5.15. The van der Waals surface area contributed by atoms with Crippen LogP contribution in [0.2, 0.25) is 0 Å². The highest BCUT2D eigenvalue weighted by atomic mass is 19.1. The summed E-state index contributed by atoms with van der Waals surface area (Å²) in [4.78, 5) is 26.0. The molecule has 1 atom stereocenters. The summed E-state index contributed by atoms with van der Waals surface area (Å²) < 4.78 is 39.8. The number of nitrogens with one attached hydrogen (secondary N) is 1. The molecule has 178 valence electrons. The number of fused-ring (bicyclic) bond motifs is 1. The van der Waals surface area contributed by atoms with Gasteiger partial charge < -0.3 is 19.9 Å². The second-order valence-electron chi connectivity index (χ2n) is 8.72. The van der Waals surface area contributed by atoms with E-state index in [-0.39, 0.29) is 24.4 Å². The van der Waals surface area contributed by atoms with Gasteiger partial charge in [-0.05, 0) is 35.2 Å². The highest BCUT2D eigenvalue weighted by molar-refractivity contribution is 5.97. The van der Waals surface area contributed by atoms with E-state index in [0.717, 1.165) is 28.2 Å². The van der Waals surface area contributed by atoms with Crippen molar-refractivity contribution in [3.63, 3.8) is 0 Å². The quantitative estimate of drug-likeness (QED) is 0.642. The molecule has 0 saturated carbocycles. The van der Waals surface area contributed by atoms with E-state index in [0.29, 0.717) is 18.6 Å². The van der Waals surface area contributed by atoms with Crippen LogP contribution in [0.25, 0.3) is 0 Å². The van der Waals surface area contributed by atoms with Crippen LogP contribution in [0.15, 0.2) is 30.3 Å². The lowest BCUT2D eigenvalue weighted by atomic mass is 9.84. The van der Waals surface area contributed by atoms with E-state index in [1.165, 1.54) is 7.11 Å². The topological polar surface area (TPSA) is 88.1 Å². The van der Waals surface area contributed by atoms with Crippen LogP contribution >= 0.6 is 0 Å². The fourth-order valence-electron chi connectivity index (χ4n) is 4.36. The van der Waals surface area contributed by atoms with Crippen molar-refractivity contribution >= 4 is 17.7 Å². The zero-order chi connectivity index (χ0) is 24.3. The van der Waals surface area contributed by atoms with Gasteiger partial charge in [0.1, 0.15) is 17.7 Å². The molecule has 0 spiro atoms. The van der Waals surface area contributed by atoms with Crippen molar-refractivity contribution < 1.29 is 33.0 Å². The zero-order valence-corrected chi connectivity index (χ0v) is 19.1. The molecular weight excluding hydrogens is 434 g/mol. The minimum atomic E-state index is -1.25. The summed E-state index contributed by atoms with van der Waals surface area (Å²) in [5.41, 5.74) is 1.09. The third-order valence-electron chi connectivity index (χ3n) is 5.73. The molecule has 0 saturated heterocycles. The molecule has 1 aliphatic rings. The number of carbonyl (C=O) groups excluding carboxylic acids is 1. The lowest BCUT2D eigenvalue weighted by molar-refractivity contribution is -0.121. The monoisotopic (exact) mass is 462 g/mol. The number of carboxylic acid groups (broad SMARTS) is 1. The normalized spacial score (nSPS) is 15.8. The van der Waals surface area contributed by atoms with Crippen molar-refractivity contribution in [1.29, 1.82) is 0 Å². The maximum absolute atomic E-state index is 14.8. The standard InChI is InChI=1S/C24H28F2N2O5/c1-24(2,13-33-4)20-18(25)10-16(11-19(20)26)27-22(29)21-17-6-5-14(12-32-3)9-15(17)7-8-28(21)23(30)31/h5-6,9-11,21H,7-8,12-13H2,1-4H3,(H,27,29)(H,30,31). The van der Waals surface area contributed by atoms with Gasteiger partial charge in [0.05, 0.1) is 13.2 Å². The summed E-state index contributed by atoms with van der Waals surface area (Å²) in [6, 6.07) is 6.25. The van der Waals surface area contributed by atoms with Crippen LogP contribution < -0.4 is 5.32 Å². The number of benzene rings is 2. The van der Waals surface area contributed by atoms with Gasteiger partial charge in [0.2, 0.25) is 0 Å². The molecule has 2 aromatic rings. The predicted molar refractivity (Wildman–Crippen MR) is 118 cm³/mol. The predicted octanol–water partition coefficient (Wildman–Crippen LogP) is 4.25. The summed E-state index contributed by atoms with van der Waals surface area (Å²) in [6.45, 7) is 3.90. The molecule has 1 heterocycles. The molecule has 2 aromatic carbocycles. The maximum Gasteiger partial charge on any atom is 0.408 e. The number of anilines is 1. The summed E-state index contributed by atoms with van der Waals surface area (Å²) in [5.74, 6) is -2.34. The van der Waals surface area contributed by atoms with Gasteiger partial charge in [-0.25, -0.2) is 13.6 Å². The highest BCUT2D eigenvalue weighted by Gasteiger charge is 2.36. The van der Waals surface area contributed by atoms with Crippen molar-refractivity contribution in [1.82, 2.24) is 4.90 Å². The van der Waals surface area contributed by atoms with E-state index in [2.05, 4.69) is 5.32 Å². The second kappa shape index (κ2) is 9.84. The first-order chi connectivity index (χ1) is 15.6. The Labute approximate surface area is 191 Å². The smallest absolute Gasteiger partial charge is 0.408 e. The minimum absolute atomic E-state index is 0.0968. The molecule has 9 heteroatoms. The van der Waals surface area contributed by atoms with E-state index in [1.54, 1.807) is 33.1 Å². The molecule has 33 heavy (non-hydrogen) atoms. The molecule has 2 N–H and O–H groups in total. The number of halogens is 2. The Balaban J connectivity index is 1.93. The number of ether oxygens (including phenoxy) is 2. The van der Waals surface area contributed by atoms with Gasteiger partial charge in [0, 0.05) is 37.4 Å². The first-order valence-electron chi connectivity index (χ1n) is 10.5. The first-order valence-corrected chi connectivity index (χ1v) is 10.5. The Morgan fingerprint density at radius 1 is 1.15 bits per heavy atom. The van der Waals surface area contributed by atoms with E-state index in [4.69, 9.17) is 9.47 Å². The molecule has 2 amide bonds. The molecule has 0 aromatic heterocycles. The average molecular weight is 462 g/mol. The van der Waals surface area contributed by atoms with E-state index >= 15 is 0 Å². The summed E-state index contributed by atoms with van der Waals surface area (Å²) in [6.07, 6.45) is -0.814. The largest absolute Gasteiger partial charge is 0.465 e. The third-order valence-corrected chi connectivity index (χ3v) is 5.73.